The van der Waals surface area contributed by atoms with Gasteiger partial charge in [-0.2, -0.15) is 13.2 Å². The lowest BCUT2D eigenvalue weighted by atomic mass is 10.2. The Bertz CT molecular complexity index is 558. The molecule has 0 radical (unpaired) electrons. The van der Waals surface area contributed by atoms with Crippen LogP contribution in [0.3, 0.4) is 0 Å². The van der Waals surface area contributed by atoms with Crippen molar-refractivity contribution in [1.82, 2.24) is 20.3 Å². The van der Waals surface area contributed by atoms with Crippen molar-refractivity contribution in [2.24, 2.45) is 5.73 Å². The predicted octanol–water partition coefficient (Wildman–Crippen LogP) is -0.210. The maximum absolute atomic E-state index is 13.3. The molecule has 21 heavy (non-hydrogen) atoms. The summed E-state index contributed by atoms with van der Waals surface area (Å²) < 4.78 is 51.1. The summed E-state index contributed by atoms with van der Waals surface area (Å²) in [4.78, 5) is 23.9. The Morgan fingerprint density at radius 3 is 2.67 bits per heavy atom. The fourth-order valence-corrected chi connectivity index (χ4v) is 2.18. The van der Waals surface area contributed by atoms with Crippen molar-refractivity contribution in [2.45, 2.75) is 31.2 Å². The number of nitrogens with one attached hydrogen (secondary N) is 1. The van der Waals surface area contributed by atoms with E-state index in [1.807, 2.05) is 5.10 Å². The number of primary amides is 1. The van der Waals surface area contributed by atoms with Crippen molar-refractivity contribution >= 4 is 11.8 Å². The van der Waals surface area contributed by atoms with E-state index in [0.717, 1.165) is 4.90 Å². The van der Waals surface area contributed by atoms with Crippen molar-refractivity contribution in [3.63, 3.8) is 0 Å². The van der Waals surface area contributed by atoms with Crippen LogP contribution in [0.4, 0.5) is 17.6 Å². The molecule has 1 fully saturated rings. The molecule has 2 unspecified atom stereocenters. The normalized spacial score (nSPS) is 22.6. The van der Waals surface area contributed by atoms with Crippen LogP contribution in [0, 0.1) is 0 Å². The maximum atomic E-state index is 13.3. The minimum Gasteiger partial charge on any atom is -0.368 e. The number of H-pyrrole nitrogens is 1. The third-order valence-electron chi connectivity index (χ3n) is 3.12. The smallest absolute Gasteiger partial charge is 0.368 e. The van der Waals surface area contributed by atoms with E-state index in [1.54, 1.807) is 0 Å². The highest BCUT2D eigenvalue weighted by atomic mass is 19.4. The summed E-state index contributed by atoms with van der Waals surface area (Å²) in [6.45, 7) is -0.380. The molecule has 2 heterocycles. The molecule has 1 saturated heterocycles. The summed E-state index contributed by atoms with van der Waals surface area (Å²) in [6, 6.07) is -1.15. The van der Waals surface area contributed by atoms with Crippen molar-refractivity contribution in [2.75, 3.05) is 6.54 Å². The van der Waals surface area contributed by atoms with E-state index in [2.05, 4.69) is 10.3 Å². The molecule has 0 bridgehead atoms. The number of carbonyl (C=O) groups excluding carboxylic acids is 2. The van der Waals surface area contributed by atoms with Crippen LogP contribution < -0.4 is 5.73 Å². The Balaban J connectivity index is 2.15. The zero-order valence-electron chi connectivity index (χ0n) is 10.5. The van der Waals surface area contributed by atoms with Crippen molar-refractivity contribution in [3.05, 3.63) is 11.4 Å². The number of amides is 2. The minimum absolute atomic E-state index is 0.256. The Hall–Kier alpha value is -2.20. The van der Waals surface area contributed by atoms with Gasteiger partial charge in [0, 0.05) is 6.42 Å². The zero-order valence-corrected chi connectivity index (χ0v) is 10.5. The standard InChI is InChI=1S/C10H11F4N5O2/c11-4-1-6(9(15)21)19(3-4)7(20)2-5-8(10(12,13)14)17-18-16-5/h4,6H,1-3H2,(H2,15,21)(H,16,17,18). The summed E-state index contributed by atoms with van der Waals surface area (Å²) in [5, 5.41) is 7.86. The van der Waals surface area contributed by atoms with E-state index in [9.17, 15) is 27.2 Å². The summed E-state index contributed by atoms with van der Waals surface area (Å²) in [6.07, 6.45) is -7.18. The molecule has 11 heteroatoms. The topological polar surface area (TPSA) is 105 Å². The molecule has 2 amide bonds. The molecule has 1 aromatic rings. The molecule has 3 N–H and O–H groups in total. The average molecular weight is 309 g/mol. The van der Waals surface area contributed by atoms with Crippen molar-refractivity contribution in [1.29, 1.82) is 0 Å². The fraction of sp³-hybridized carbons (Fsp3) is 0.600. The van der Waals surface area contributed by atoms with Crippen LogP contribution >= 0.6 is 0 Å². The quantitative estimate of drug-likeness (QED) is 0.754. The predicted molar refractivity (Wildman–Crippen MR) is 59.3 cm³/mol. The van der Waals surface area contributed by atoms with Crippen molar-refractivity contribution < 1.29 is 27.2 Å². The third kappa shape index (κ3) is 3.11. The number of likely N-dealkylation sites (tertiary alicyclic amines) is 1. The van der Waals surface area contributed by atoms with Crippen LogP contribution in [0.5, 0.6) is 0 Å². The van der Waals surface area contributed by atoms with E-state index in [0.29, 0.717) is 0 Å². The molecule has 7 nitrogen and oxygen atoms in total. The van der Waals surface area contributed by atoms with Gasteiger partial charge in [-0.25, -0.2) is 4.39 Å². The first-order chi connectivity index (χ1) is 9.70. The van der Waals surface area contributed by atoms with Gasteiger partial charge in [0.1, 0.15) is 12.2 Å². The van der Waals surface area contributed by atoms with Gasteiger partial charge in [-0.15, -0.1) is 5.10 Å². The Labute approximate surface area is 115 Å². The second-order valence-electron chi connectivity index (χ2n) is 4.61. The van der Waals surface area contributed by atoms with E-state index in [4.69, 9.17) is 5.73 Å². The van der Waals surface area contributed by atoms with Crippen LogP contribution in [-0.4, -0.2) is 50.9 Å². The Morgan fingerprint density at radius 2 is 2.10 bits per heavy atom. The number of aromatic nitrogens is 3. The molecule has 1 aliphatic heterocycles. The third-order valence-corrected chi connectivity index (χ3v) is 3.12. The van der Waals surface area contributed by atoms with Gasteiger partial charge < -0.3 is 10.6 Å². The number of nitrogens with two attached hydrogens (primary N) is 1. The van der Waals surface area contributed by atoms with Gasteiger partial charge in [-0.1, -0.05) is 5.21 Å². The average Bonchev–Trinajstić information content (AvgIpc) is 2.94. The number of aromatic amines is 1. The molecular weight excluding hydrogens is 298 g/mol. The number of alkyl halides is 4. The van der Waals surface area contributed by atoms with Gasteiger partial charge in [-0.3, -0.25) is 14.7 Å². The molecule has 2 atom stereocenters. The van der Waals surface area contributed by atoms with Gasteiger partial charge in [0.2, 0.25) is 11.8 Å². The van der Waals surface area contributed by atoms with E-state index >= 15 is 0 Å². The summed E-state index contributed by atoms with van der Waals surface area (Å²) >= 11 is 0. The maximum Gasteiger partial charge on any atom is 0.437 e. The van der Waals surface area contributed by atoms with E-state index in [1.165, 1.54) is 0 Å². The highest BCUT2D eigenvalue weighted by Gasteiger charge is 2.41. The van der Waals surface area contributed by atoms with Crippen LogP contribution in [0.15, 0.2) is 0 Å². The highest BCUT2D eigenvalue weighted by molar-refractivity contribution is 5.88. The van der Waals surface area contributed by atoms with E-state index < -0.39 is 48.0 Å². The van der Waals surface area contributed by atoms with Crippen LogP contribution in [-0.2, 0) is 22.2 Å². The second-order valence-corrected chi connectivity index (χ2v) is 4.61. The summed E-state index contributed by atoms with van der Waals surface area (Å²) in [5.74, 6) is -1.75. The number of hydrogen-bond donors (Lipinski definition) is 2. The molecular formula is C10H11F4N5O2. The Kier molecular flexibility index (Phi) is 3.83. The Morgan fingerprint density at radius 1 is 1.43 bits per heavy atom. The van der Waals surface area contributed by atoms with E-state index in [-0.39, 0.29) is 13.0 Å². The fourth-order valence-electron chi connectivity index (χ4n) is 2.18. The zero-order chi connectivity index (χ0) is 15.8. The number of nitrogens with zero attached hydrogens (tertiary/aromatic N) is 3. The lowest BCUT2D eigenvalue weighted by molar-refractivity contribution is -0.142. The molecule has 0 aromatic carbocycles. The largest absolute Gasteiger partial charge is 0.437 e. The minimum atomic E-state index is -4.76. The van der Waals surface area contributed by atoms with Gasteiger partial charge in [0.25, 0.3) is 0 Å². The lowest BCUT2D eigenvalue weighted by Crippen LogP contribution is -2.44. The van der Waals surface area contributed by atoms with Crippen molar-refractivity contribution in [3.8, 4) is 0 Å². The van der Waals surface area contributed by atoms with Gasteiger partial charge in [0.15, 0.2) is 5.69 Å². The number of carbonyl (C=O) groups is 2. The van der Waals surface area contributed by atoms with Gasteiger partial charge in [-0.05, 0) is 0 Å². The first kappa shape index (κ1) is 15.2. The molecule has 1 aromatic heterocycles. The first-order valence-electron chi connectivity index (χ1n) is 5.90. The second kappa shape index (κ2) is 5.30. The molecule has 0 spiro atoms. The lowest BCUT2D eigenvalue weighted by Gasteiger charge is -2.21. The van der Waals surface area contributed by atoms with Gasteiger partial charge >= 0.3 is 6.18 Å². The first-order valence-corrected chi connectivity index (χ1v) is 5.90. The summed E-state index contributed by atoms with van der Waals surface area (Å²) in [5.41, 5.74) is 3.19. The van der Waals surface area contributed by atoms with Crippen LogP contribution in [0.25, 0.3) is 0 Å². The summed E-state index contributed by atoms with van der Waals surface area (Å²) in [7, 11) is 0. The van der Waals surface area contributed by atoms with Crippen LogP contribution in [0.2, 0.25) is 0 Å². The molecule has 1 aliphatic rings. The monoisotopic (exact) mass is 309 g/mol. The molecule has 0 aliphatic carbocycles. The number of halogens is 4. The van der Waals surface area contributed by atoms with Gasteiger partial charge in [0.05, 0.1) is 18.7 Å². The van der Waals surface area contributed by atoms with Crippen LogP contribution in [0.1, 0.15) is 17.8 Å². The molecule has 116 valence electrons. The molecule has 2 rings (SSSR count). The highest BCUT2D eigenvalue weighted by Crippen LogP contribution is 2.30. The number of hydrogen-bond acceptors (Lipinski definition) is 4. The molecule has 0 saturated carbocycles. The SMILES string of the molecule is NC(=O)C1CC(F)CN1C(=O)Cc1[nH]nnc1C(F)(F)F. The number of rotatable bonds is 3.